The summed E-state index contributed by atoms with van der Waals surface area (Å²) in [6.07, 6.45) is 2.14. The number of para-hydroxylation sites is 1. The number of benzene rings is 2. The Morgan fingerprint density at radius 3 is 2.71 bits per heavy atom. The fourth-order valence-electron chi connectivity index (χ4n) is 3.63. The Kier molecular flexibility index (Phi) is 4.86. The molecule has 1 N–H and O–H groups in total. The first kappa shape index (κ1) is 19.2. The largest absolute Gasteiger partial charge is 0.350 e. The number of rotatable bonds is 6. The quantitative estimate of drug-likeness (QED) is 0.521. The fourth-order valence-corrected chi connectivity index (χ4v) is 3.63. The van der Waals surface area contributed by atoms with Crippen LogP contribution in [0.5, 0.6) is 0 Å². The van der Waals surface area contributed by atoms with Gasteiger partial charge in [-0.2, -0.15) is 4.98 Å². The Balaban J connectivity index is 1.42. The molecule has 7 heteroatoms. The SMILES string of the molecule is Cc1ccc(CNC(=O)Cn2c(=O)cc(-c3nc(C4CC4)no3)c3ccccc32)cc1. The van der Waals surface area contributed by atoms with Crippen LogP contribution in [0.2, 0.25) is 0 Å². The van der Waals surface area contributed by atoms with Crippen LogP contribution in [0.4, 0.5) is 0 Å². The number of carbonyl (C=O) groups is 1. The molecule has 156 valence electrons. The summed E-state index contributed by atoms with van der Waals surface area (Å²) in [5.41, 5.74) is 3.14. The molecule has 0 bridgehead atoms. The monoisotopic (exact) mass is 414 g/mol. The zero-order valence-electron chi connectivity index (χ0n) is 17.2. The van der Waals surface area contributed by atoms with E-state index in [4.69, 9.17) is 4.52 Å². The molecule has 31 heavy (non-hydrogen) atoms. The topological polar surface area (TPSA) is 90.0 Å². The number of hydrogen-bond acceptors (Lipinski definition) is 5. The van der Waals surface area contributed by atoms with Crippen LogP contribution in [-0.2, 0) is 17.9 Å². The van der Waals surface area contributed by atoms with Gasteiger partial charge in [0.2, 0.25) is 5.91 Å². The van der Waals surface area contributed by atoms with Crippen LogP contribution in [0.3, 0.4) is 0 Å². The van der Waals surface area contributed by atoms with Gasteiger partial charge in [0.05, 0.1) is 11.1 Å². The molecular formula is C24H22N4O3. The normalized spacial score (nSPS) is 13.5. The number of hydrogen-bond donors (Lipinski definition) is 1. The van der Waals surface area contributed by atoms with Gasteiger partial charge in [0, 0.05) is 23.9 Å². The summed E-state index contributed by atoms with van der Waals surface area (Å²) < 4.78 is 6.92. The number of nitrogens with one attached hydrogen (secondary N) is 1. The maximum atomic E-state index is 12.9. The number of carbonyl (C=O) groups excluding carboxylic acids is 1. The highest BCUT2D eigenvalue weighted by Crippen LogP contribution is 2.39. The van der Waals surface area contributed by atoms with Gasteiger partial charge in [0.15, 0.2) is 5.82 Å². The van der Waals surface area contributed by atoms with Gasteiger partial charge < -0.3 is 9.84 Å². The molecule has 2 heterocycles. The zero-order valence-corrected chi connectivity index (χ0v) is 17.2. The standard InChI is InChI=1S/C24H22N4O3/c1-15-6-8-16(9-7-15)13-25-21(29)14-28-20-5-3-2-4-18(20)19(12-22(28)30)24-26-23(27-31-24)17-10-11-17/h2-9,12,17H,10-11,13-14H2,1H3,(H,25,29). The van der Waals surface area contributed by atoms with Crippen molar-refractivity contribution in [1.29, 1.82) is 0 Å². The molecule has 0 radical (unpaired) electrons. The Morgan fingerprint density at radius 2 is 1.94 bits per heavy atom. The minimum atomic E-state index is -0.287. The van der Waals surface area contributed by atoms with Crippen molar-refractivity contribution in [2.75, 3.05) is 0 Å². The molecule has 0 unspecified atom stereocenters. The van der Waals surface area contributed by atoms with Crippen LogP contribution in [0.15, 0.2) is 63.9 Å². The molecule has 0 saturated heterocycles. The van der Waals surface area contributed by atoms with Crippen LogP contribution < -0.4 is 10.9 Å². The van der Waals surface area contributed by atoms with E-state index in [9.17, 15) is 9.59 Å². The number of nitrogens with zero attached hydrogens (tertiary/aromatic N) is 3. The zero-order chi connectivity index (χ0) is 21.4. The first-order valence-electron chi connectivity index (χ1n) is 10.4. The predicted octanol–water partition coefficient (Wildman–Crippen LogP) is 3.55. The van der Waals surface area contributed by atoms with Crippen molar-refractivity contribution in [3.63, 3.8) is 0 Å². The third kappa shape index (κ3) is 3.99. The lowest BCUT2D eigenvalue weighted by atomic mass is 10.1. The summed E-state index contributed by atoms with van der Waals surface area (Å²) in [4.78, 5) is 30.0. The van der Waals surface area contributed by atoms with Gasteiger partial charge in [0.25, 0.3) is 11.4 Å². The van der Waals surface area contributed by atoms with E-state index in [1.54, 1.807) is 0 Å². The first-order chi connectivity index (χ1) is 15.1. The van der Waals surface area contributed by atoms with E-state index in [1.807, 2.05) is 55.5 Å². The van der Waals surface area contributed by atoms with Gasteiger partial charge in [-0.25, -0.2) is 0 Å². The van der Waals surface area contributed by atoms with E-state index < -0.39 is 0 Å². The molecule has 2 aromatic heterocycles. The van der Waals surface area contributed by atoms with Crippen molar-refractivity contribution in [2.24, 2.45) is 0 Å². The summed E-state index contributed by atoms with van der Waals surface area (Å²) >= 11 is 0. The van der Waals surface area contributed by atoms with Crippen molar-refractivity contribution in [2.45, 2.75) is 38.8 Å². The number of pyridine rings is 1. The second-order valence-electron chi connectivity index (χ2n) is 7.99. The van der Waals surface area contributed by atoms with E-state index >= 15 is 0 Å². The Bertz CT molecular complexity index is 1320. The maximum absolute atomic E-state index is 12.9. The van der Waals surface area contributed by atoms with E-state index in [0.717, 1.165) is 23.8 Å². The minimum absolute atomic E-state index is 0.0668. The van der Waals surface area contributed by atoms with Crippen molar-refractivity contribution in [1.82, 2.24) is 20.0 Å². The summed E-state index contributed by atoms with van der Waals surface area (Å²) in [6.45, 7) is 2.36. The van der Waals surface area contributed by atoms with E-state index in [1.165, 1.54) is 16.2 Å². The third-order valence-corrected chi connectivity index (χ3v) is 5.55. The lowest BCUT2D eigenvalue weighted by Crippen LogP contribution is -2.32. The number of aromatic nitrogens is 3. The molecule has 1 amide bonds. The Hall–Kier alpha value is -3.74. The lowest BCUT2D eigenvalue weighted by Gasteiger charge is -2.12. The second kappa shape index (κ2) is 7.83. The summed E-state index contributed by atoms with van der Waals surface area (Å²) in [5.74, 6) is 1.17. The summed E-state index contributed by atoms with van der Waals surface area (Å²) in [6, 6.07) is 16.9. The van der Waals surface area contributed by atoms with Crippen LogP contribution >= 0.6 is 0 Å². The van der Waals surface area contributed by atoms with Crippen molar-refractivity contribution >= 4 is 16.8 Å². The lowest BCUT2D eigenvalue weighted by molar-refractivity contribution is -0.121. The molecule has 2 aromatic carbocycles. The molecule has 0 aliphatic heterocycles. The van der Waals surface area contributed by atoms with Gasteiger partial charge in [-0.15, -0.1) is 0 Å². The van der Waals surface area contributed by atoms with E-state index in [2.05, 4.69) is 15.5 Å². The first-order valence-corrected chi connectivity index (χ1v) is 10.4. The van der Waals surface area contributed by atoms with Gasteiger partial charge in [-0.1, -0.05) is 53.2 Å². The van der Waals surface area contributed by atoms with Crippen LogP contribution in [0.1, 0.15) is 35.7 Å². The maximum Gasteiger partial charge on any atom is 0.258 e. The van der Waals surface area contributed by atoms with E-state index in [-0.39, 0.29) is 18.0 Å². The van der Waals surface area contributed by atoms with Gasteiger partial charge in [-0.05, 0) is 31.4 Å². The van der Waals surface area contributed by atoms with Gasteiger partial charge in [-0.3, -0.25) is 14.2 Å². The molecule has 7 nitrogen and oxygen atoms in total. The summed E-state index contributed by atoms with van der Waals surface area (Å²) in [7, 11) is 0. The molecule has 4 aromatic rings. The minimum Gasteiger partial charge on any atom is -0.350 e. The van der Waals surface area contributed by atoms with Crippen LogP contribution in [-0.4, -0.2) is 20.6 Å². The van der Waals surface area contributed by atoms with E-state index in [0.29, 0.717) is 35.3 Å². The fraction of sp³-hybridized carbons (Fsp3) is 0.250. The number of fused-ring (bicyclic) bond motifs is 1. The highest BCUT2D eigenvalue weighted by Gasteiger charge is 2.29. The Morgan fingerprint density at radius 1 is 1.16 bits per heavy atom. The smallest absolute Gasteiger partial charge is 0.258 e. The highest BCUT2D eigenvalue weighted by molar-refractivity contribution is 5.93. The van der Waals surface area contributed by atoms with Gasteiger partial charge in [0.1, 0.15) is 6.54 Å². The third-order valence-electron chi connectivity index (χ3n) is 5.55. The predicted molar refractivity (Wildman–Crippen MR) is 117 cm³/mol. The summed E-state index contributed by atoms with van der Waals surface area (Å²) in [5, 5.41) is 7.74. The molecule has 0 atom stereocenters. The average Bonchev–Trinajstić information content (AvgIpc) is 3.52. The average molecular weight is 414 g/mol. The number of aryl methyl sites for hydroxylation is 1. The van der Waals surface area contributed by atoms with Crippen LogP contribution in [0, 0.1) is 6.92 Å². The highest BCUT2D eigenvalue weighted by atomic mass is 16.5. The van der Waals surface area contributed by atoms with Crippen molar-refractivity contribution in [3.05, 3.63) is 81.9 Å². The Labute approximate surface area is 178 Å². The molecule has 1 fully saturated rings. The molecule has 1 saturated carbocycles. The molecule has 0 spiro atoms. The van der Waals surface area contributed by atoms with Crippen LogP contribution in [0.25, 0.3) is 22.4 Å². The molecular weight excluding hydrogens is 392 g/mol. The van der Waals surface area contributed by atoms with Gasteiger partial charge >= 0.3 is 0 Å². The molecule has 5 rings (SSSR count). The molecule has 1 aliphatic rings. The van der Waals surface area contributed by atoms with Crippen molar-refractivity contribution < 1.29 is 9.32 Å². The second-order valence-corrected chi connectivity index (χ2v) is 7.99. The molecule has 1 aliphatic carbocycles. The number of amides is 1. The van der Waals surface area contributed by atoms with Crippen molar-refractivity contribution in [3.8, 4) is 11.5 Å².